The lowest BCUT2D eigenvalue weighted by Gasteiger charge is -2.28. The Labute approximate surface area is 117 Å². The van der Waals surface area contributed by atoms with Crippen LogP contribution in [0, 0.1) is 5.92 Å². The fraction of sp³-hybridized carbons (Fsp3) is 0.467. The number of carbonyl (C=O) groups is 1. The highest BCUT2D eigenvalue weighted by Gasteiger charge is 2.30. The average molecular weight is 274 g/mol. The second-order valence-corrected chi connectivity index (χ2v) is 5.35. The first-order valence-electron chi connectivity index (χ1n) is 7.07. The first kappa shape index (κ1) is 13.0. The molecule has 0 spiro atoms. The molecule has 1 fully saturated rings. The Kier molecular flexibility index (Phi) is 3.58. The number of hydrogen-bond donors (Lipinski definition) is 2. The number of pyridine rings is 1. The van der Waals surface area contributed by atoms with Crippen molar-refractivity contribution in [1.82, 2.24) is 4.98 Å². The summed E-state index contributed by atoms with van der Waals surface area (Å²) in [4.78, 5) is 15.8. The van der Waals surface area contributed by atoms with Crippen LogP contribution in [-0.2, 0) is 4.79 Å². The van der Waals surface area contributed by atoms with Crippen molar-refractivity contribution in [3.63, 3.8) is 0 Å². The molecule has 2 aromatic heterocycles. The molecule has 1 unspecified atom stereocenters. The number of anilines is 1. The van der Waals surface area contributed by atoms with E-state index in [0.717, 1.165) is 36.7 Å². The first-order valence-corrected chi connectivity index (χ1v) is 7.07. The molecule has 0 saturated heterocycles. The van der Waals surface area contributed by atoms with Gasteiger partial charge >= 0.3 is 5.97 Å². The van der Waals surface area contributed by atoms with E-state index in [2.05, 4.69) is 10.3 Å². The normalized spacial score (nSPS) is 18.0. The predicted octanol–water partition coefficient (Wildman–Crippen LogP) is 3.27. The largest absolute Gasteiger partial charge is 0.480 e. The number of fused-ring (bicyclic) bond motifs is 1. The first-order chi connectivity index (χ1) is 9.75. The van der Waals surface area contributed by atoms with E-state index in [1.165, 1.54) is 6.42 Å². The van der Waals surface area contributed by atoms with E-state index in [0.29, 0.717) is 5.82 Å². The van der Waals surface area contributed by atoms with Gasteiger partial charge in [0.05, 0.1) is 11.6 Å². The standard InChI is InChI=1S/C15H18N2O3/c18-15(19)13(10-4-2-1-3-5-10)17-14-11-7-9-20-12(11)6-8-16-14/h6-10,13H,1-5H2,(H,16,17)(H,18,19). The van der Waals surface area contributed by atoms with Crippen LogP contribution in [0.1, 0.15) is 32.1 Å². The second-order valence-electron chi connectivity index (χ2n) is 5.35. The molecule has 1 saturated carbocycles. The number of carboxylic acid groups (broad SMARTS) is 1. The molecule has 20 heavy (non-hydrogen) atoms. The molecule has 1 aliphatic carbocycles. The fourth-order valence-corrected chi connectivity index (χ4v) is 3.01. The van der Waals surface area contributed by atoms with Crippen molar-refractivity contribution in [3.8, 4) is 0 Å². The maximum atomic E-state index is 11.6. The maximum absolute atomic E-state index is 11.6. The zero-order chi connectivity index (χ0) is 13.9. The van der Waals surface area contributed by atoms with Gasteiger partial charge in [-0.05, 0) is 30.9 Å². The van der Waals surface area contributed by atoms with E-state index in [1.54, 1.807) is 18.5 Å². The van der Waals surface area contributed by atoms with Crippen LogP contribution in [-0.4, -0.2) is 22.1 Å². The van der Waals surface area contributed by atoms with Gasteiger partial charge in [0.15, 0.2) is 0 Å². The third-order valence-corrected chi connectivity index (χ3v) is 4.06. The third kappa shape index (κ3) is 2.48. The summed E-state index contributed by atoms with van der Waals surface area (Å²) in [5.74, 6) is -0.0429. The Bertz CT molecular complexity index is 602. The molecule has 2 aromatic rings. The topological polar surface area (TPSA) is 75.4 Å². The lowest BCUT2D eigenvalue weighted by molar-refractivity contribution is -0.139. The van der Waals surface area contributed by atoms with Gasteiger partial charge < -0.3 is 14.8 Å². The van der Waals surface area contributed by atoms with Crippen molar-refractivity contribution in [3.05, 3.63) is 24.6 Å². The van der Waals surface area contributed by atoms with Crippen LogP contribution in [0.15, 0.2) is 29.0 Å². The zero-order valence-corrected chi connectivity index (χ0v) is 11.2. The average Bonchev–Trinajstić information content (AvgIpc) is 2.94. The Hall–Kier alpha value is -2.04. The molecular weight excluding hydrogens is 256 g/mol. The number of aliphatic carboxylic acids is 1. The Balaban J connectivity index is 1.85. The Morgan fingerprint density at radius 3 is 2.90 bits per heavy atom. The number of nitrogens with one attached hydrogen (secondary N) is 1. The summed E-state index contributed by atoms with van der Waals surface area (Å²) < 4.78 is 5.32. The van der Waals surface area contributed by atoms with Crippen molar-refractivity contribution in [2.45, 2.75) is 38.1 Å². The molecule has 0 aliphatic heterocycles. The van der Waals surface area contributed by atoms with Crippen LogP contribution < -0.4 is 5.32 Å². The van der Waals surface area contributed by atoms with Crippen molar-refractivity contribution < 1.29 is 14.3 Å². The fourth-order valence-electron chi connectivity index (χ4n) is 3.01. The Morgan fingerprint density at radius 2 is 2.15 bits per heavy atom. The van der Waals surface area contributed by atoms with E-state index < -0.39 is 12.0 Å². The van der Waals surface area contributed by atoms with Gasteiger partial charge in [-0.25, -0.2) is 9.78 Å². The number of nitrogens with zero attached hydrogens (tertiary/aromatic N) is 1. The molecule has 0 aromatic carbocycles. The molecule has 2 N–H and O–H groups in total. The van der Waals surface area contributed by atoms with Gasteiger partial charge in [-0.15, -0.1) is 0 Å². The minimum Gasteiger partial charge on any atom is -0.480 e. The molecular formula is C15H18N2O3. The minimum atomic E-state index is -0.806. The number of furan rings is 1. The van der Waals surface area contributed by atoms with Gasteiger partial charge in [0.2, 0.25) is 0 Å². The molecule has 1 aliphatic rings. The predicted molar refractivity (Wildman–Crippen MR) is 75.6 cm³/mol. The highest BCUT2D eigenvalue weighted by Crippen LogP contribution is 2.30. The SMILES string of the molecule is O=C(O)C(Nc1nccc2occc12)C1CCCCC1. The summed E-state index contributed by atoms with van der Waals surface area (Å²) in [5.41, 5.74) is 0.718. The maximum Gasteiger partial charge on any atom is 0.326 e. The van der Waals surface area contributed by atoms with Crippen molar-refractivity contribution >= 4 is 22.8 Å². The third-order valence-electron chi connectivity index (χ3n) is 4.06. The lowest BCUT2D eigenvalue weighted by atomic mass is 9.84. The summed E-state index contributed by atoms with van der Waals surface area (Å²) in [7, 11) is 0. The highest BCUT2D eigenvalue weighted by molar-refractivity contribution is 5.90. The van der Waals surface area contributed by atoms with Crippen LogP contribution in [0.2, 0.25) is 0 Å². The smallest absolute Gasteiger partial charge is 0.326 e. The quantitative estimate of drug-likeness (QED) is 0.894. The number of hydrogen-bond acceptors (Lipinski definition) is 4. The van der Waals surface area contributed by atoms with Crippen molar-refractivity contribution in [2.75, 3.05) is 5.32 Å². The number of carboxylic acids is 1. The lowest BCUT2D eigenvalue weighted by Crippen LogP contribution is -2.38. The molecule has 0 amide bonds. The summed E-state index contributed by atoms with van der Waals surface area (Å²) in [6.45, 7) is 0. The summed E-state index contributed by atoms with van der Waals surface area (Å²) in [5, 5.41) is 13.4. The van der Waals surface area contributed by atoms with Crippen LogP contribution in [0.4, 0.5) is 5.82 Å². The van der Waals surface area contributed by atoms with Crippen LogP contribution in [0.5, 0.6) is 0 Å². The van der Waals surface area contributed by atoms with Crippen molar-refractivity contribution in [2.24, 2.45) is 5.92 Å². The Morgan fingerprint density at radius 1 is 1.35 bits per heavy atom. The van der Waals surface area contributed by atoms with Gasteiger partial charge in [-0.1, -0.05) is 19.3 Å². The number of rotatable bonds is 4. The molecule has 1 atom stereocenters. The second kappa shape index (κ2) is 5.53. The monoisotopic (exact) mass is 274 g/mol. The molecule has 5 heteroatoms. The van der Waals surface area contributed by atoms with Crippen molar-refractivity contribution in [1.29, 1.82) is 0 Å². The highest BCUT2D eigenvalue weighted by atomic mass is 16.4. The molecule has 0 radical (unpaired) electrons. The molecule has 106 valence electrons. The molecule has 5 nitrogen and oxygen atoms in total. The van der Waals surface area contributed by atoms with Crippen LogP contribution in [0.3, 0.4) is 0 Å². The van der Waals surface area contributed by atoms with E-state index in [4.69, 9.17) is 4.42 Å². The van der Waals surface area contributed by atoms with Gasteiger partial charge in [-0.3, -0.25) is 0 Å². The summed E-state index contributed by atoms with van der Waals surface area (Å²) >= 11 is 0. The van der Waals surface area contributed by atoms with E-state index >= 15 is 0 Å². The van der Waals surface area contributed by atoms with E-state index in [-0.39, 0.29) is 5.92 Å². The van der Waals surface area contributed by atoms with Gasteiger partial charge in [-0.2, -0.15) is 0 Å². The van der Waals surface area contributed by atoms with Crippen LogP contribution >= 0.6 is 0 Å². The van der Waals surface area contributed by atoms with Crippen LogP contribution in [0.25, 0.3) is 11.0 Å². The zero-order valence-electron chi connectivity index (χ0n) is 11.2. The van der Waals surface area contributed by atoms with E-state index in [9.17, 15) is 9.90 Å². The summed E-state index contributed by atoms with van der Waals surface area (Å²) in [6, 6.07) is 3.00. The number of aromatic nitrogens is 1. The van der Waals surface area contributed by atoms with Gasteiger partial charge in [0, 0.05) is 6.20 Å². The van der Waals surface area contributed by atoms with E-state index in [1.807, 2.05) is 6.07 Å². The summed E-state index contributed by atoms with van der Waals surface area (Å²) in [6.07, 6.45) is 8.58. The van der Waals surface area contributed by atoms with Gasteiger partial charge in [0.25, 0.3) is 0 Å². The molecule has 3 rings (SSSR count). The van der Waals surface area contributed by atoms with Gasteiger partial charge in [0.1, 0.15) is 17.4 Å². The minimum absolute atomic E-state index is 0.171. The molecule has 2 heterocycles. The molecule has 0 bridgehead atoms.